The first-order valence-corrected chi connectivity index (χ1v) is 16.4. The van der Waals surface area contributed by atoms with E-state index in [1.807, 2.05) is 22.9 Å². The number of pyridine rings is 1. The van der Waals surface area contributed by atoms with Crippen LogP contribution >= 0.6 is 0 Å². The second-order valence-electron chi connectivity index (χ2n) is 13.6. The number of rotatable bonds is 12. The molecule has 0 amide bonds. The van der Waals surface area contributed by atoms with Crippen LogP contribution in [0.5, 0.6) is 5.75 Å². The lowest BCUT2D eigenvalue weighted by atomic mass is 9.93. The number of hydrogen-bond donors (Lipinski definition) is 0. The molecule has 2 aliphatic heterocycles. The van der Waals surface area contributed by atoms with Crippen LogP contribution in [0, 0.1) is 0 Å². The van der Waals surface area contributed by atoms with Gasteiger partial charge in [-0.2, -0.15) is 0 Å². The SMILES string of the molecule is CCCCN(C(CN1CC(c2ccc3c(c2)CCO3)CC1CCn1ccccc1=O)=C1CC1)c1cccc([N+](C)(C)C)c1. The highest BCUT2D eigenvalue weighted by molar-refractivity contribution is 5.61. The van der Waals surface area contributed by atoms with Crippen molar-refractivity contribution in [1.29, 1.82) is 0 Å². The van der Waals surface area contributed by atoms with E-state index in [0.29, 0.717) is 12.0 Å². The third-order valence-electron chi connectivity index (χ3n) is 9.55. The number of ether oxygens (including phenoxy) is 1. The number of hydrogen-bond acceptors (Lipinski definition) is 4. The van der Waals surface area contributed by atoms with E-state index < -0.39 is 0 Å². The van der Waals surface area contributed by atoms with Crippen LogP contribution in [0.15, 0.2) is 82.9 Å². The normalized spacial score (nSPS) is 19.8. The highest BCUT2D eigenvalue weighted by Gasteiger charge is 2.36. The predicted octanol–water partition coefficient (Wildman–Crippen LogP) is 6.58. The van der Waals surface area contributed by atoms with Crippen molar-refractivity contribution in [2.24, 2.45) is 0 Å². The number of unbranched alkanes of at least 4 members (excludes halogenated alkanes) is 1. The molecule has 43 heavy (non-hydrogen) atoms. The average molecular weight is 582 g/mol. The number of nitrogens with zero attached hydrogens (tertiary/aromatic N) is 4. The summed E-state index contributed by atoms with van der Waals surface area (Å²) in [5.74, 6) is 1.54. The Morgan fingerprint density at radius 1 is 1.02 bits per heavy atom. The van der Waals surface area contributed by atoms with Gasteiger partial charge in [-0.1, -0.05) is 37.6 Å². The number of likely N-dealkylation sites (tertiary alicyclic amines) is 1. The van der Waals surface area contributed by atoms with Gasteiger partial charge in [0.25, 0.3) is 0 Å². The number of aromatic nitrogens is 1. The summed E-state index contributed by atoms with van der Waals surface area (Å²) in [6, 6.07) is 22.0. The summed E-state index contributed by atoms with van der Waals surface area (Å²) >= 11 is 0. The Kier molecular flexibility index (Phi) is 8.78. The highest BCUT2D eigenvalue weighted by Crippen LogP contribution is 2.41. The maximum atomic E-state index is 12.5. The smallest absolute Gasteiger partial charge is 0.250 e. The topological polar surface area (TPSA) is 37.7 Å². The van der Waals surface area contributed by atoms with Gasteiger partial charge in [0.05, 0.1) is 27.7 Å². The van der Waals surface area contributed by atoms with Crippen molar-refractivity contribution in [3.63, 3.8) is 0 Å². The molecular weight excluding hydrogens is 532 g/mol. The van der Waals surface area contributed by atoms with Gasteiger partial charge in [-0.05, 0) is 79.0 Å². The lowest BCUT2D eigenvalue weighted by molar-refractivity contribution is 0.251. The molecule has 1 aliphatic carbocycles. The van der Waals surface area contributed by atoms with Gasteiger partial charge in [-0.15, -0.1) is 0 Å². The maximum absolute atomic E-state index is 12.5. The second kappa shape index (κ2) is 12.7. The average Bonchev–Trinajstić information content (AvgIpc) is 3.59. The van der Waals surface area contributed by atoms with Crippen molar-refractivity contribution < 1.29 is 4.74 Å². The summed E-state index contributed by atoms with van der Waals surface area (Å²) in [5.41, 5.74) is 8.65. The Bertz CT molecular complexity index is 1510. The maximum Gasteiger partial charge on any atom is 0.250 e. The fraction of sp³-hybridized carbons (Fsp3) is 0.486. The van der Waals surface area contributed by atoms with Crippen molar-refractivity contribution >= 4 is 11.4 Å². The van der Waals surface area contributed by atoms with E-state index in [4.69, 9.17) is 4.74 Å². The fourth-order valence-corrected chi connectivity index (χ4v) is 6.86. The summed E-state index contributed by atoms with van der Waals surface area (Å²) in [6.45, 7) is 6.89. The summed E-state index contributed by atoms with van der Waals surface area (Å²) in [5, 5.41) is 0. The van der Waals surface area contributed by atoms with E-state index in [-0.39, 0.29) is 5.56 Å². The predicted molar refractivity (Wildman–Crippen MR) is 178 cm³/mol. The molecule has 2 unspecified atom stereocenters. The number of benzene rings is 2. The standard InChI is InChI=1S/C37H49N4O2/c1-5-6-20-40(33-10-9-11-34(25-33)41(2,3)4)35(28-13-14-28)27-39-26-31(29-15-16-36-30(23-29)18-22-43-36)24-32(39)17-21-38-19-8-7-12-37(38)42/h7-12,15-16,19,23,25,31-32H,5-6,13-14,17-18,20-22,24,26-27H2,1-4H3/q+1. The Morgan fingerprint density at radius 2 is 1.88 bits per heavy atom. The molecule has 0 N–H and O–H groups in total. The van der Waals surface area contributed by atoms with Gasteiger partial charge in [0, 0.05) is 68.4 Å². The van der Waals surface area contributed by atoms with E-state index in [0.717, 1.165) is 62.3 Å². The van der Waals surface area contributed by atoms with Crippen molar-refractivity contribution in [1.82, 2.24) is 14.0 Å². The van der Waals surface area contributed by atoms with Crippen LogP contribution in [-0.4, -0.2) is 62.9 Å². The molecule has 6 heteroatoms. The number of aryl methyl sites for hydroxylation is 1. The van der Waals surface area contributed by atoms with Crippen molar-refractivity contribution in [3.05, 3.63) is 99.6 Å². The number of anilines is 1. The number of fused-ring (bicyclic) bond motifs is 1. The molecule has 2 fully saturated rings. The van der Waals surface area contributed by atoms with Crippen molar-refractivity contribution in [2.45, 2.75) is 70.4 Å². The zero-order valence-corrected chi connectivity index (χ0v) is 26.6. The fourth-order valence-electron chi connectivity index (χ4n) is 6.86. The zero-order chi connectivity index (χ0) is 30.0. The molecule has 3 aromatic rings. The Hall–Kier alpha value is -3.35. The molecule has 6 rings (SSSR count). The van der Waals surface area contributed by atoms with E-state index in [1.165, 1.54) is 53.9 Å². The van der Waals surface area contributed by atoms with Gasteiger partial charge in [0.15, 0.2) is 0 Å². The van der Waals surface area contributed by atoms with Crippen molar-refractivity contribution in [3.8, 4) is 5.75 Å². The largest absolute Gasteiger partial charge is 0.493 e. The number of quaternary nitrogens is 1. The van der Waals surface area contributed by atoms with Crippen LogP contribution in [0.3, 0.4) is 0 Å². The molecule has 228 valence electrons. The summed E-state index contributed by atoms with van der Waals surface area (Å²) in [6.07, 6.45) is 9.80. The molecule has 2 atom stereocenters. The van der Waals surface area contributed by atoms with E-state index >= 15 is 0 Å². The van der Waals surface area contributed by atoms with Crippen LogP contribution in [0.4, 0.5) is 11.4 Å². The molecule has 3 heterocycles. The van der Waals surface area contributed by atoms with Gasteiger partial charge < -0.3 is 14.2 Å². The molecule has 0 spiro atoms. The summed E-state index contributed by atoms with van der Waals surface area (Å²) in [7, 11) is 6.73. The summed E-state index contributed by atoms with van der Waals surface area (Å²) < 4.78 is 8.50. The van der Waals surface area contributed by atoms with Crippen LogP contribution in [0.2, 0.25) is 0 Å². The first kappa shape index (κ1) is 29.7. The molecule has 2 aromatic carbocycles. The molecule has 0 radical (unpaired) electrons. The molecule has 1 saturated heterocycles. The van der Waals surface area contributed by atoms with Crippen LogP contribution in [-0.2, 0) is 13.0 Å². The second-order valence-corrected chi connectivity index (χ2v) is 13.6. The molecule has 3 aliphatic rings. The van der Waals surface area contributed by atoms with Crippen LogP contribution in [0.1, 0.15) is 62.5 Å². The first-order valence-electron chi connectivity index (χ1n) is 16.4. The van der Waals surface area contributed by atoms with Crippen LogP contribution in [0.25, 0.3) is 0 Å². The van der Waals surface area contributed by atoms with E-state index in [1.54, 1.807) is 11.6 Å². The molecule has 0 bridgehead atoms. The molecular formula is C37H49N4O2+. The molecule has 1 aromatic heterocycles. The Balaban J connectivity index is 1.29. The lowest BCUT2D eigenvalue weighted by Crippen LogP contribution is -2.38. The minimum atomic E-state index is 0.0888. The van der Waals surface area contributed by atoms with Gasteiger partial charge in [-0.3, -0.25) is 14.2 Å². The van der Waals surface area contributed by atoms with Gasteiger partial charge >= 0.3 is 0 Å². The minimum Gasteiger partial charge on any atom is -0.493 e. The Labute approximate surface area is 257 Å². The van der Waals surface area contributed by atoms with E-state index in [2.05, 4.69) is 80.3 Å². The first-order chi connectivity index (χ1) is 20.8. The molecule has 1 saturated carbocycles. The third kappa shape index (κ3) is 6.91. The van der Waals surface area contributed by atoms with Gasteiger partial charge in [-0.25, -0.2) is 0 Å². The number of allylic oxidation sites excluding steroid dienone is 1. The summed E-state index contributed by atoms with van der Waals surface area (Å²) in [4.78, 5) is 17.9. The zero-order valence-electron chi connectivity index (χ0n) is 26.6. The van der Waals surface area contributed by atoms with Crippen molar-refractivity contribution in [2.75, 3.05) is 52.3 Å². The Morgan fingerprint density at radius 3 is 2.65 bits per heavy atom. The quantitative estimate of drug-likeness (QED) is 0.227. The monoisotopic (exact) mass is 581 g/mol. The highest BCUT2D eigenvalue weighted by atomic mass is 16.5. The lowest BCUT2D eigenvalue weighted by Gasteiger charge is -2.34. The van der Waals surface area contributed by atoms with Gasteiger partial charge in [0.2, 0.25) is 5.56 Å². The van der Waals surface area contributed by atoms with E-state index in [9.17, 15) is 4.79 Å². The minimum absolute atomic E-state index is 0.0888. The van der Waals surface area contributed by atoms with Crippen LogP contribution < -0.4 is 19.7 Å². The van der Waals surface area contributed by atoms with Gasteiger partial charge in [0.1, 0.15) is 11.4 Å². The third-order valence-corrected chi connectivity index (χ3v) is 9.55. The molecule has 6 nitrogen and oxygen atoms in total.